The average molecular weight is 272 g/mol. The summed E-state index contributed by atoms with van der Waals surface area (Å²) in [6.07, 6.45) is 1.94. The molecule has 1 aliphatic heterocycles. The number of carboxylic acids is 1. The molecule has 0 spiro atoms. The summed E-state index contributed by atoms with van der Waals surface area (Å²) < 4.78 is 5.35. The molecule has 3 atom stereocenters. The monoisotopic (exact) mass is 272 g/mol. The maximum atomic E-state index is 11.8. The van der Waals surface area contributed by atoms with Gasteiger partial charge in [0.05, 0.1) is 6.04 Å². The molecule has 1 aliphatic carbocycles. The number of nitrogens with zero attached hydrogens (tertiary/aromatic N) is 1. The van der Waals surface area contributed by atoms with E-state index in [2.05, 4.69) is 0 Å². The van der Waals surface area contributed by atoms with Crippen molar-refractivity contribution in [2.24, 2.45) is 11.7 Å². The summed E-state index contributed by atoms with van der Waals surface area (Å²) in [7, 11) is 0. The third-order valence-corrected chi connectivity index (χ3v) is 3.23. The SMILES string of the molecule is CC(=O)O.CC(C)(C)OC(=O)N1CCC2CC(N)C21. The first kappa shape index (κ1) is 15.8. The number of nitrogens with two attached hydrogens (primary N) is 1. The fourth-order valence-electron chi connectivity index (χ4n) is 2.54. The third kappa shape index (κ3) is 4.38. The highest BCUT2D eigenvalue weighted by Crippen LogP contribution is 2.39. The molecule has 3 N–H and O–H groups in total. The lowest BCUT2D eigenvalue weighted by Gasteiger charge is -2.42. The van der Waals surface area contributed by atoms with Gasteiger partial charge in [-0.05, 0) is 39.5 Å². The molecule has 1 saturated heterocycles. The van der Waals surface area contributed by atoms with Crippen LogP contribution in [0.2, 0.25) is 0 Å². The average Bonchev–Trinajstić information content (AvgIpc) is 2.51. The Morgan fingerprint density at radius 1 is 1.37 bits per heavy atom. The van der Waals surface area contributed by atoms with E-state index in [1.807, 2.05) is 25.7 Å². The van der Waals surface area contributed by atoms with Gasteiger partial charge in [0, 0.05) is 19.5 Å². The Balaban J connectivity index is 0.000000399. The fraction of sp³-hybridized carbons (Fsp3) is 0.846. The summed E-state index contributed by atoms with van der Waals surface area (Å²) in [6.45, 7) is 7.55. The molecular formula is C13H24N2O4. The van der Waals surface area contributed by atoms with E-state index < -0.39 is 11.6 Å². The molecule has 1 amide bonds. The Morgan fingerprint density at radius 2 is 1.89 bits per heavy atom. The summed E-state index contributed by atoms with van der Waals surface area (Å²) in [4.78, 5) is 22.7. The number of carboxylic acid groups (broad SMARTS) is 1. The molecule has 0 radical (unpaired) electrons. The topological polar surface area (TPSA) is 92.9 Å². The van der Waals surface area contributed by atoms with E-state index in [-0.39, 0.29) is 18.2 Å². The highest BCUT2D eigenvalue weighted by Gasteiger charge is 2.49. The van der Waals surface area contributed by atoms with Crippen molar-refractivity contribution < 1.29 is 19.4 Å². The van der Waals surface area contributed by atoms with E-state index in [9.17, 15) is 4.79 Å². The maximum Gasteiger partial charge on any atom is 0.410 e. The van der Waals surface area contributed by atoms with Gasteiger partial charge in [-0.3, -0.25) is 4.79 Å². The molecule has 110 valence electrons. The molecule has 2 rings (SSSR count). The number of likely N-dealkylation sites (tertiary alicyclic amines) is 1. The molecule has 0 bridgehead atoms. The molecule has 19 heavy (non-hydrogen) atoms. The molecule has 6 nitrogen and oxygen atoms in total. The van der Waals surface area contributed by atoms with Crippen molar-refractivity contribution in [1.29, 1.82) is 0 Å². The van der Waals surface area contributed by atoms with E-state index in [1.165, 1.54) is 0 Å². The van der Waals surface area contributed by atoms with Gasteiger partial charge in [-0.2, -0.15) is 0 Å². The van der Waals surface area contributed by atoms with Crippen molar-refractivity contribution in [3.05, 3.63) is 0 Å². The number of ether oxygens (including phenoxy) is 1. The minimum absolute atomic E-state index is 0.157. The number of rotatable bonds is 0. The zero-order valence-corrected chi connectivity index (χ0v) is 12.0. The van der Waals surface area contributed by atoms with Gasteiger partial charge in [-0.25, -0.2) is 4.79 Å². The molecular weight excluding hydrogens is 248 g/mol. The lowest BCUT2D eigenvalue weighted by Crippen LogP contribution is -2.58. The van der Waals surface area contributed by atoms with Gasteiger partial charge < -0.3 is 20.5 Å². The van der Waals surface area contributed by atoms with Gasteiger partial charge in [0.25, 0.3) is 5.97 Å². The van der Waals surface area contributed by atoms with Crippen molar-refractivity contribution in [3.8, 4) is 0 Å². The highest BCUT2D eigenvalue weighted by molar-refractivity contribution is 5.69. The Hall–Kier alpha value is -1.30. The van der Waals surface area contributed by atoms with Crippen molar-refractivity contribution in [3.63, 3.8) is 0 Å². The summed E-state index contributed by atoms with van der Waals surface area (Å²) in [5.41, 5.74) is 5.49. The molecule has 2 fully saturated rings. The van der Waals surface area contributed by atoms with Crippen LogP contribution in [0.25, 0.3) is 0 Å². The van der Waals surface area contributed by atoms with E-state index >= 15 is 0 Å². The van der Waals surface area contributed by atoms with Gasteiger partial charge in [0.2, 0.25) is 0 Å². The molecule has 2 aliphatic rings. The van der Waals surface area contributed by atoms with Gasteiger partial charge in [0.1, 0.15) is 5.60 Å². The first-order valence-electron chi connectivity index (χ1n) is 6.56. The first-order chi connectivity index (χ1) is 8.61. The van der Waals surface area contributed by atoms with E-state index in [0.29, 0.717) is 5.92 Å². The van der Waals surface area contributed by atoms with Crippen LogP contribution in [0.1, 0.15) is 40.5 Å². The van der Waals surface area contributed by atoms with Crippen LogP contribution < -0.4 is 5.73 Å². The molecule has 3 unspecified atom stereocenters. The van der Waals surface area contributed by atoms with Crippen molar-refractivity contribution in [1.82, 2.24) is 4.90 Å². The second-order valence-electron chi connectivity index (χ2n) is 6.13. The summed E-state index contributed by atoms with van der Waals surface area (Å²) in [6, 6.07) is 0.393. The van der Waals surface area contributed by atoms with Crippen LogP contribution in [0.3, 0.4) is 0 Å². The number of hydrogen-bond acceptors (Lipinski definition) is 4. The van der Waals surface area contributed by atoms with E-state index in [4.69, 9.17) is 20.4 Å². The molecule has 1 saturated carbocycles. The summed E-state index contributed by atoms with van der Waals surface area (Å²) in [5, 5.41) is 7.42. The second kappa shape index (κ2) is 5.77. The minimum Gasteiger partial charge on any atom is -0.481 e. The second-order valence-corrected chi connectivity index (χ2v) is 6.13. The van der Waals surface area contributed by atoms with Gasteiger partial charge in [-0.15, -0.1) is 0 Å². The quantitative estimate of drug-likeness (QED) is 0.696. The van der Waals surface area contributed by atoms with Crippen LogP contribution in [0.5, 0.6) is 0 Å². The normalized spacial score (nSPS) is 28.7. The smallest absolute Gasteiger partial charge is 0.410 e. The Kier molecular flexibility index (Phi) is 4.79. The molecule has 0 aromatic heterocycles. The predicted octanol–water partition coefficient (Wildman–Crippen LogP) is 1.43. The zero-order valence-electron chi connectivity index (χ0n) is 12.0. The van der Waals surface area contributed by atoms with Crippen LogP contribution in [-0.2, 0) is 9.53 Å². The highest BCUT2D eigenvalue weighted by atomic mass is 16.6. The summed E-state index contributed by atoms with van der Waals surface area (Å²) in [5.74, 6) is -0.215. The van der Waals surface area contributed by atoms with Crippen LogP contribution in [0, 0.1) is 5.92 Å². The van der Waals surface area contributed by atoms with Crippen LogP contribution in [0.4, 0.5) is 4.79 Å². The third-order valence-electron chi connectivity index (χ3n) is 3.23. The molecule has 1 heterocycles. The molecule has 0 aromatic rings. The maximum absolute atomic E-state index is 11.8. The lowest BCUT2D eigenvalue weighted by atomic mass is 9.76. The number of carbonyl (C=O) groups is 2. The minimum atomic E-state index is -0.833. The predicted molar refractivity (Wildman–Crippen MR) is 70.7 cm³/mol. The van der Waals surface area contributed by atoms with Crippen molar-refractivity contribution in [2.75, 3.05) is 6.54 Å². The van der Waals surface area contributed by atoms with Crippen LogP contribution in [0.15, 0.2) is 0 Å². The number of amides is 1. The largest absolute Gasteiger partial charge is 0.481 e. The number of carbonyl (C=O) groups excluding carboxylic acids is 1. The lowest BCUT2D eigenvalue weighted by molar-refractivity contribution is -0.134. The Morgan fingerprint density at radius 3 is 2.32 bits per heavy atom. The molecule has 0 aromatic carbocycles. The van der Waals surface area contributed by atoms with Gasteiger partial charge >= 0.3 is 6.09 Å². The van der Waals surface area contributed by atoms with Gasteiger partial charge in [-0.1, -0.05) is 0 Å². The van der Waals surface area contributed by atoms with Crippen molar-refractivity contribution >= 4 is 12.1 Å². The van der Waals surface area contributed by atoms with Gasteiger partial charge in [0.15, 0.2) is 0 Å². The number of aliphatic carboxylic acids is 1. The first-order valence-corrected chi connectivity index (χ1v) is 6.56. The number of hydrogen-bond donors (Lipinski definition) is 2. The standard InChI is InChI=1S/C11H20N2O2.C2H4O2/c1-11(2,3)15-10(14)13-5-4-7-6-8(12)9(7)13;1-2(3)4/h7-9H,4-6,12H2,1-3H3;1H3,(H,3,4). The zero-order chi connectivity index (χ0) is 14.8. The Labute approximate surface area is 113 Å². The number of fused-ring (bicyclic) bond motifs is 1. The summed E-state index contributed by atoms with van der Waals surface area (Å²) >= 11 is 0. The van der Waals surface area contributed by atoms with Crippen LogP contribution in [-0.4, -0.2) is 46.3 Å². The van der Waals surface area contributed by atoms with Crippen LogP contribution >= 0.6 is 0 Å². The van der Waals surface area contributed by atoms with E-state index in [1.54, 1.807) is 0 Å². The fourth-order valence-corrected chi connectivity index (χ4v) is 2.54. The molecule has 6 heteroatoms. The van der Waals surface area contributed by atoms with Crippen molar-refractivity contribution in [2.45, 2.75) is 58.2 Å². The Bertz CT molecular complexity index is 347. The van der Waals surface area contributed by atoms with E-state index in [0.717, 1.165) is 26.3 Å².